The first-order valence-electron chi connectivity index (χ1n) is 7.44. The molecule has 2 aromatic carbocycles. The summed E-state index contributed by atoms with van der Waals surface area (Å²) >= 11 is 0. The van der Waals surface area contributed by atoms with Gasteiger partial charge in [-0.15, -0.1) is 0 Å². The van der Waals surface area contributed by atoms with Gasteiger partial charge in [-0.25, -0.2) is 4.57 Å². The average molecular weight is 353 g/mol. The lowest BCUT2D eigenvalue weighted by Crippen LogP contribution is -2.27. The lowest BCUT2D eigenvalue weighted by molar-refractivity contribution is 0.217. The Labute approximate surface area is 137 Å². The zero-order valence-corrected chi connectivity index (χ0v) is 15.0. The molecule has 0 atom stereocenters. The van der Waals surface area contributed by atoms with E-state index in [0.717, 1.165) is 0 Å². The summed E-state index contributed by atoms with van der Waals surface area (Å²) in [5.41, 5.74) is 0. The van der Waals surface area contributed by atoms with Crippen molar-refractivity contribution >= 4 is 25.6 Å². The van der Waals surface area contributed by atoms with E-state index in [-0.39, 0.29) is 13.2 Å². The summed E-state index contributed by atoms with van der Waals surface area (Å²) in [5, 5.41) is 1.09. The number of hydrogen-bond acceptors (Lipinski definition) is 4. The molecule has 124 valence electrons. The molecule has 0 aliphatic rings. The van der Waals surface area contributed by atoms with Crippen LogP contribution >= 0.6 is 15.0 Å². The average Bonchev–Trinajstić information content (AvgIpc) is 2.56. The standard InChI is InChI=1S/C16H21NO4P2/c1-3-20-23(19,21-4-2)17-22(18,15-11-7-5-8-12-15)16-13-9-6-10-14-16/h5-14H,3-4H2,1-2H3,(H,17,18,19). The van der Waals surface area contributed by atoms with Crippen molar-refractivity contribution in [1.82, 2.24) is 4.86 Å². The Morgan fingerprint density at radius 3 is 1.52 bits per heavy atom. The molecule has 0 fully saturated rings. The summed E-state index contributed by atoms with van der Waals surface area (Å²) in [7, 11) is -7.05. The second kappa shape index (κ2) is 8.05. The summed E-state index contributed by atoms with van der Waals surface area (Å²) < 4.78 is 37.1. The fraction of sp³-hybridized carbons (Fsp3) is 0.250. The van der Waals surface area contributed by atoms with Gasteiger partial charge >= 0.3 is 7.75 Å². The molecule has 0 aliphatic carbocycles. The van der Waals surface area contributed by atoms with Crippen molar-refractivity contribution in [1.29, 1.82) is 0 Å². The highest BCUT2D eigenvalue weighted by Crippen LogP contribution is 2.55. The van der Waals surface area contributed by atoms with Crippen LogP contribution in [0.5, 0.6) is 0 Å². The molecule has 0 aliphatic heterocycles. The summed E-state index contributed by atoms with van der Waals surface area (Å²) in [6.07, 6.45) is 0. The van der Waals surface area contributed by atoms with E-state index in [1.54, 1.807) is 62.4 Å². The molecule has 0 heterocycles. The third-order valence-electron chi connectivity index (χ3n) is 3.10. The van der Waals surface area contributed by atoms with Crippen LogP contribution in [0.1, 0.15) is 13.8 Å². The highest BCUT2D eigenvalue weighted by Gasteiger charge is 2.37. The normalized spacial score (nSPS) is 12.3. The quantitative estimate of drug-likeness (QED) is 0.734. The maximum absolute atomic E-state index is 13.7. The molecule has 2 rings (SSSR count). The Hall–Kier alpha value is -1.22. The SMILES string of the molecule is CCOP(=O)(NP(=O)(c1ccccc1)c1ccccc1)OCC. The van der Waals surface area contributed by atoms with Crippen LogP contribution in [0.3, 0.4) is 0 Å². The van der Waals surface area contributed by atoms with Crippen LogP contribution in [0.15, 0.2) is 60.7 Å². The van der Waals surface area contributed by atoms with Gasteiger partial charge in [-0.2, -0.15) is 4.86 Å². The van der Waals surface area contributed by atoms with Gasteiger partial charge in [0.1, 0.15) is 0 Å². The van der Waals surface area contributed by atoms with Crippen LogP contribution < -0.4 is 15.5 Å². The maximum atomic E-state index is 13.7. The maximum Gasteiger partial charge on any atom is 0.411 e. The monoisotopic (exact) mass is 353 g/mol. The topological polar surface area (TPSA) is 64.6 Å². The molecule has 5 nitrogen and oxygen atoms in total. The summed E-state index contributed by atoms with van der Waals surface area (Å²) in [5.74, 6) is 0. The molecule has 23 heavy (non-hydrogen) atoms. The van der Waals surface area contributed by atoms with Gasteiger partial charge < -0.3 is 0 Å². The van der Waals surface area contributed by atoms with Crippen molar-refractivity contribution in [2.24, 2.45) is 0 Å². The van der Waals surface area contributed by atoms with Gasteiger partial charge in [0, 0.05) is 10.6 Å². The molecule has 0 radical (unpaired) electrons. The van der Waals surface area contributed by atoms with Gasteiger partial charge in [-0.05, 0) is 38.1 Å². The van der Waals surface area contributed by atoms with Gasteiger partial charge in [0.15, 0.2) is 0 Å². The third-order valence-corrected chi connectivity index (χ3v) is 8.45. The predicted molar refractivity (Wildman–Crippen MR) is 93.8 cm³/mol. The van der Waals surface area contributed by atoms with E-state index in [1.807, 2.05) is 12.1 Å². The molecule has 2 aromatic rings. The van der Waals surface area contributed by atoms with Gasteiger partial charge in [-0.3, -0.25) is 13.6 Å². The second-order valence-corrected chi connectivity index (χ2v) is 9.28. The van der Waals surface area contributed by atoms with Crippen LogP contribution in [0.25, 0.3) is 0 Å². The summed E-state index contributed by atoms with van der Waals surface area (Å²) in [6.45, 7) is 3.80. The fourth-order valence-corrected chi connectivity index (χ4v) is 7.15. The van der Waals surface area contributed by atoms with Crippen molar-refractivity contribution in [2.45, 2.75) is 13.8 Å². The van der Waals surface area contributed by atoms with Crippen molar-refractivity contribution in [3.8, 4) is 0 Å². The Balaban J connectivity index is 2.51. The first-order valence-corrected chi connectivity index (χ1v) is 10.7. The summed E-state index contributed by atoms with van der Waals surface area (Å²) in [4.78, 5) is 2.71. The largest absolute Gasteiger partial charge is 0.411 e. The van der Waals surface area contributed by atoms with E-state index in [4.69, 9.17) is 9.05 Å². The lowest BCUT2D eigenvalue weighted by atomic mass is 10.4. The van der Waals surface area contributed by atoms with E-state index in [2.05, 4.69) is 4.86 Å². The molecular weight excluding hydrogens is 332 g/mol. The molecule has 0 aromatic heterocycles. The third kappa shape index (κ3) is 4.41. The first-order chi connectivity index (χ1) is 11.0. The van der Waals surface area contributed by atoms with Crippen LogP contribution in [-0.2, 0) is 18.2 Å². The molecular formula is C16H21NO4P2. The van der Waals surface area contributed by atoms with Gasteiger partial charge in [-0.1, -0.05) is 36.4 Å². The van der Waals surface area contributed by atoms with Gasteiger partial charge in [0.25, 0.3) is 0 Å². The van der Waals surface area contributed by atoms with E-state index >= 15 is 0 Å². The lowest BCUT2D eigenvalue weighted by Gasteiger charge is -2.25. The number of rotatable bonds is 8. The van der Waals surface area contributed by atoms with Crippen LogP contribution in [0.4, 0.5) is 0 Å². The van der Waals surface area contributed by atoms with E-state index < -0.39 is 15.0 Å². The molecule has 0 amide bonds. The zero-order chi connectivity index (χ0) is 16.8. The Bertz CT molecular complexity index is 653. The van der Waals surface area contributed by atoms with E-state index in [0.29, 0.717) is 10.6 Å². The van der Waals surface area contributed by atoms with Crippen molar-refractivity contribution in [2.75, 3.05) is 13.2 Å². The number of benzene rings is 2. The van der Waals surface area contributed by atoms with Crippen molar-refractivity contribution < 1.29 is 18.2 Å². The minimum Gasteiger partial charge on any atom is -0.297 e. The van der Waals surface area contributed by atoms with Gasteiger partial charge in [0.05, 0.1) is 13.2 Å². The van der Waals surface area contributed by atoms with E-state index in [1.165, 1.54) is 0 Å². The zero-order valence-electron chi connectivity index (χ0n) is 13.2. The molecule has 0 spiro atoms. The minimum absolute atomic E-state index is 0.188. The fourth-order valence-electron chi connectivity index (χ4n) is 2.15. The summed E-state index contributed by atoms with van der Waals surface area (Å²) in [6, 6.07) is 17.8. The Morgan fingerprint density at radius 2 is 1.17 bits per heavy atom. The smallest absolute Gasteiger partial charge is 0.297 e. The van der Waals surface area contributed by atoms with Crippen LogP contribution in [0.2, 0.25) is 0 Å². The molecule has 0 saturated heterocycles. The first kappa shape index (κ1) is 18.1. The van der Waals surface area contributed by atoms with Crippen molar-refractivity contribution in [3.05, 3.63) is 60.7 Å². The second-order valence-electron chi connectivity index (χ2n) is 4.71. The Kier molecular flexibility index (Phi) is 6.34. The van der Waals surface area contributed by atoms with Crippen LogP contribution in [0, 0.1) is 0 Å². The van der Waals surface area contributed by atoms with Crippen molar-refractivity contribution in [3.63, 3.8) is 0 Å². The highest BCUT2D eigenvalue weighted by atomic mass is 31.2. The molecule has 0 bridgehead atoms. The highest BCUT2D eigenvalue weighted by molar-refractivity contribution is 7.83. The molecule has 1 N–H and O–H groups in total. The molecule has 0 unspecified atom stereocenters. The number of hydrogen-bond donors (Lipinski definition) is 1. The number of nitrogens with one attached hydrogen (secondary N) is 1. The Morgan fingerprint density at radius 1 is 0.783 bits per heavy atom. The minimum atomic E-state index is -3.68. The van der Waals surface area contributed by atoms with Crippen LogP contribution in [-0.4, -0.2) is 13.2 Å². The molecule has 7 heteroatoms. The van der Waals surface area contributed by atoms with Gasteiger partial charge in [0.2, 0.25) is 7.29 Å². The molecule has 0 saturated carbocycles. The predicted octanol–water partition coefficient (Wildman–Crippen LogP) is 3.69. The van der Waals surface area contributed by atoms with E-state index in [9.17, 15) is 9.13 Å².